The van der Waals surface area contributed by atoms with E-state index in [-0.39, 0.29) is 28.5 Å². The van der Waals surface area contributed by atoms with Crippen LogP contribution in [0.3, 0.4) is 0 Å². The van der Waals surface area contributed by atoms with Crippen LogP contribution < -0.4 is 15.4 Å². The average Bonchev–Trinajstić information content (AvgIpc) is 3.17. The van der Waals surface area contributed by atoms with Gasteiger partial charge in [0.2, 0.25) is 5.91 Å². The molecule has 3 rings (SSSR count). The fourth-order valence-electron chi connectivity index (χ4n) is 3.46. The number of carbonyl (C=O) groups is 2. The molecule has 1 aromatic heterocycles. The quantitative estimate of drug-likeness (QED) is 0.289. The van der Waals surface area contributed by atoms with Crippen molar-refractivity contribution in [3.8, 4) is 5.75 Å². The van der Waals surface area contributed by atoms with Crippen molar-refractivity contribution in [3.05, 3.63) is 62.9 Å². The van der Waals surface area contributed by atoms with Crippen molar-refractivity contribution >= 4 is 64.1 Å². The molecule has 0 radical (unpaired) electrons. The molecule has 12 heteroatoms. The molecule has 0 saturated heterocycles. The molecule has 192 valence electrons. The maximum atomic E-state index is 13.0. The van der Waals surface area contributed by atoms with Crippen LogP contribution in [-0.4, -0.2) is 39.4 Å². The van der Waals surface area contributed by atoms with Crippen LogP contribution in [0.1, 0.15) is 42.5 Å². The number of nitrogens with one attached hydrogen (secondary N) is 2. The number of amides is 2. The summed E-state index contributed by atoms with van der Waals surface area (Å²) >= 11 is 19.4. The van der Waals surface area contributed by atoms with Gasteiger partial charge in [-0.2, -0.15) is 0 Å². The zero-order valence-corrected chi connectivity index (χ0v) is 23.2. The molecule has 1 heterocycles. The van der Waals surface area contributed by atoms with Gasteiger partial charge in [-0.15, -0.1) is 10.2 Å². The summed E-state index contributed by atoms with van der Waals surface area (Å²) in [7, 11) is 3.31. The summed E-state index contributed by atoms with van der Waals surface area (Å²) in [5.41, 5.74) is 0.800. The third-order valence-electron chi connectivity index (χ3n) is 5.14. The molecule has 0 fully saturated rings. The molecule has 8 nitrogen and oxygen atoms in total. The number of halogens is 3. The molecule has 0 saturated carbocycles. The lowest BCUT2D eigenvalue weighted by molar-refractivity contribution is -0.113. The first-order valence-corrected chi connectivity index (χ1v) is 13.1. The zero-order valence-electron chi connectivity index (χ0n) is 20.1. The van der Waals surface area contributed by atoms with E-state index in [4.69, 9.17) is 39.5 Å². The Morgan fingerprint density at radius 3 is 2.44 bits per heavy atom. The Balaban J connectivity index is 1.71. The van der Waals surface area contributed by atoms with Crippen molar-refractivity contribution in [1.29, 1.82) is 0 Å². The molecule has 0 aliphatic heterocycles. The first kappa shape index (κ1) is 28.1. The van der Waals surface area contributed by atoms with E-state index in [0.29, 0.717) is 44.4 Å². The van der Waals surface area contributed by atoms with E-state index in [1.165, 1.54) is 24.9 Å². The van der Waals surface area contributed by atoms with Gasteiger partial charge in [0.05, 0.1) is 35.2 Å². The third-order valence-corrected chi connectivity index (χ3v) is 6.94. The van der Waals surface area contributed by atoms with Crippen LogP contribution in [-0.2, 0) is 11.8 Å². The minimum Gasteiger partial charge on any atom is -0.495 e. The highest BCUT2D eigenvalue weighted by Gasteiger charge is 2.24. The second-order valence-corrected chi connectivity index (χ2v) is 10.6. The normalized spacial score (nSPS) is 11.9. The van der Waals surface area contributed by atoms with Crippen LogP contribution in [0.2, 0.25) is 15.1 Å². The van der Waals surface area contributed by atoms with Crippen LogP contribution in [0.4, 0.5) is 5.69 Å². The van der Waals surface area contributed by atoms with Gasteiger partial charge in [0.15, 0.2) is 11.0 Å². The molecule has 1 atom stereocenters. The van der Waals surface area contributed by atoms with Crippen molar-refractivity contribution in [2.24, 2.45) is 13.0 Å². The largest absolute Gasteiger partial charge is 0.495 e. The summed E-state index contributed by atoms with van der Waals surface area (Å²) in [6, 6.07) is 9.28. The molecule has 2 amide bonds. The number of ether oxygens (including phenoxy) is 1. The summed E-state index contributed by atoms with van der Waals surface area (Å²) in [5.74, 6) is 0.836. The Hall–Kier alpha value is -2.46. The number of thioether (sulfide) groups is 1. The summed E-state index contributed by atoms with van der Waals surface area (Å²) in [6.07, 6.45) is 0.628. The number of hydrogen-bond acceptors (Lipinski definition) is 6. The molecule has 2 N–H and O–H groups in total. The van der Waals surface area contributed by atoms with Gasteiger partial charge < -0.3 is 19.9 Å². The first-order chi connectivity index (χ1) is 17.1. The maximum Gasteiger partial charge on any atom is 0.253 e. The Kier molecular flexibility index (Phi) is 9.90. The summed E-state index contributed by atoms with van der Waals surface area (Å²) in [4.78, 5) is 25.5. The third kappa shape index (κ3) is 7.29. The molecule has 0 spiro atoms. The van der Waals surface area contributed by atoms with E-state index >= 15 is 0 Å². The predicted octanol–water partition coefficient (Wildman–Crippen LogP) is 6.03. The Labute approximate surface area is 229 Å². The van der Waals surface area contributed by atoms with Gasteiger partial charge >= 0.3 is 0 Å². The first-order valence-electron chi connectivity index (χ1n) is 11.0. The number of nitrogens with zero attached hydrogens (tertiary/aromatic N) is 3. The number of benzene rings is 2. The van der Waals surface area contributed by atoms with E-state index in [9.17, 15) is 9.59 Å². The molecule has 3 aromatic rings. The van der Waals surface area contributed by atoms with Gasteiger partial charge in [0, 0.05) is 17.1 Å². The van der Waals surface area contributed by atoms with E-state index in [0.717, 1.165) is 0 Å². The molecule has 0 unspecified atom stereocenters. The van der Waals surface area contributed by atoms with Gasteiger partial charge in [-0.1, -0.05) is 60.4 Å². The van der Waals surface area contributed by atoms with E-state index < -0.39 is 6.04 Å². The highest BCUT2D eigenvalue weighted by molar-refractivity contribution is 7.99. The lowest BCUT2D eigenvalue weighted by Crippen LogP contribution is -2.31. The van der Waals surface area contributed by atoms with Gasteiger partial charge in [-0.3, -0.25) is 9.59 Å². The SMILES string of the molecule is COc1ccc(Cl)cc1NC(=O)CSc1nnc([C@H](CC(C)C)NC(=O)c2ccc(Cl)cc2Cl)n1C. The Morgan fingerprint density at radius 1 is 1.08 bits per heavy atom. The monoisotopic (exact) mass is 569 g/mol. The second kappa shape index (κ2) is 12.7. The van der Waals surface area contributed by atoms with Gasteiger partial charge in [0.25, 0.3) is 5.91 Å². The number of hydrogen-bond donors (Lipinski definition) is 2. The standard InChI is InChI=1S/C24H26Cl3N5O3S/c1-13(2)9-19(29-23(34)16-7-5-14(25)10-17(16)27)22-30-31-24(32(22)3)36-12-21(33)28-18-11-15(26)6-8-20(18)35-4/h5-8,10-11,13,19H,9,12H2,1-4H3,(H,28,33)(H,29,34)/t19-/m0/s1. The maximum absolute atomic E-state index is 13.0. The molecule has 0 bridgehead atoms. The number of aromatic nitrogens is 3. The van der Waals surface area contributed by atoms with Crippen LogP contribution in [0.15, 0.2) is 41.6 Å². The van der Waals surface area contributed by atoms with Gasteiger partial charge in [-0.05, 0) is 48.7 Å². The topological polar surface area (TPSA) is 98.1 Å². The van der Waals surface area contributed by atoms with E-state index in [1.807, 2.05) is 0 Å². The summed E-state index contributed by atoms with van der Waals surface area (Å²) in [6.45, 7) is 4.10. The zero-order chi connectivity index (χ0) is 26.4. The molecule has 2 aromatic carbocycles. The lowest BCUT2D eigenvalue weighted by atomic mass is 10.0. The van der Waals surface area contributed by atoms with Crippen molar-refractivity contribution in [2.75, 3.05) is 18.2 Å². The summed E-state index contributed by atoms with van der Waals surface area (Å²) in [5, 5.41) is 16.1. The van der Waals surface area contributed by atoms with E-state index in [2.05, 4.69) is 34.7 Å². The number of carbonyl (C=O) groups excluding carboxylic acids is 2. The average molecular weight is 571 g/mol. The highest BCUT2D eigenvalue weighted by atomic mass is 35.5. The predicted molar refractivity (Wildman–Crippen MR) is 144 cm³/mol. The van der Waals surface area contributed by atoms with Crippen molar-refractivity contribution in [3.63, 3.8) is 0 Å². The van der Waals surface area contributed by atoms with E-state index in [1.54, 1.807) is 41.9 Å². The molecule has 36 heavy (non-hydrogen) atoms. The molecule has 0 aliphatic rings. The Bertz CT molecular complexity index is 1250. The van der Waals surface area contributed by atoms with Crippen LogP contribution in [0, 0.1) is 5.92 Å². The fraction of sp³-hybridized carbons (Fsp3) is 0.333. The van der Waals surface area contributed by atoms with Crippen LogP contribution >= 0.6 is 46.6 Å². The van der Waals surface area contributed by atoms with Crippen molar-refractivity contribution < 1.29 is 14.3 Å². The van der Waals surface area contributed by atoms with Crippen molar-refractivity contribution in [1.82, 2.24) is 20.1 Å². The molecular formula is C24H26Cl3N5O3S. The van der Waals surface area contributed by atoms with Gasteiger partial charge in [0.1, 0.15) is 5.75 Å². The fourth-order valence-corrected chi connectivity index (χ4v) is 4.84. The lowest BCUT2D eigenvalue weighted by Gasteiger charge is -2.20. The molecular weight excluding hydrogens is 545 g/mol. The minimum absolute atomic E-state index is 0.0865. The second-order valence-electron chi connectivity index (χ2n) is 8.36. The van der Waals surface area contributed by atoms with Crippen LogP contribution in [0.5, 0.6) is 5.75 Å². The summed E-state index contributed by atoms with van der Waals surface area (Å²) < 4.78 is 7.04. The molecule has 0 aliphatic carbocycles. The highest BCUT2D eigenvalue weighted by Crippen LogP contribution is 2.29. The number of anilines is 1. The number of methoxy groups -OCH3 is 1. The smallest absolute Gasteiger partial charge is 0.253 e. The van der Waals surface area contributed by atoms with Crippen molar-refractivity contribution in [2.45, 2.75) is 31.5 Å². The number of rotatable bonds is 10. The minimum atomic E-state index is -0.416. The Morgan fingerprint density at radius 2 is 1.78 bits per heavy atom. The van der Waals surface area contributed by atoms with Crippen LogP contribution in [0.25, 0.3) is 0 Å². The van der Waals surface area contributed by atoms with Gasteiger partial charge in [-0.25, -0.2) is 0 Å².